The number of benzene rings is 1. The maximum absolute atomic E-state index is 4.37. The first-order chi connectivity index (χ1) is 11.4. The van der Waals surface area contributed by atoms with Gasteiger partial charge in [0.15, 0.2) is 5.65 Å². The van der Waals surface area contributed by atoms with Gasteiger partial charge in [-0.15, -0.1) is 5.10 Å². The lowest BCUT2D eigenvalue weighted by molar-refractivity contribution is 0.327. The molecule has 0 saturated carbocycles. The Balaban J connectivity index is 1.84. The summed E-state index contributed by atoms with van der Waals surface area (Å²) in [5.74, 6) is 0. The van der Waals surface area contributed by atoms with E-state index in [1.54, 1.807) is 10.8 Å². The molecule has 3 aromatic heterocycles. The number of halogens is 1. The number of rotatable bonds is 2. The smallest absolute Gasteiger partial charge is 0.155 e. The van der Waals surface area contributed by atoms with E-state index >= 15 is 0 Å². The second kappa shape index (κ2) is 5.37. The summed E-state index contributed by atoms with van der Waals surface area (Å²) in [7, 11) is 0. The molecule has 122 valence electrons. The lowest BCUT2D eigenvalue weighted by Crippen LogP contribution is -2.16. The van der Waals surface area contributed by atoms with Crippen molar-refractivity contribution in [3.8, 4) is 11.1 Å². The molecular formula is C17H17BrN6. The molecule has 1 aromatic carbocycles. The minimum absolute atomic E-state index is 0.143. The van der Waals surface area contributed by atoms with Gasteiger partial charge in [-0.2, -0.15) is 5.10 Å². The second-order valence-electron chi connectivity index (χ2n) is 7.08. The van der Waals surface area contributed by atoms with Crippen LogP contribution >= 0.6 is 15.9 Å². The van der Waals surface area contributed by atoms with Gasteiger partial charge in [0.2, 0.25) is 0 Å². The molecule has 0 unspecified atom stereocenters. The van der Waals surface area contributed by atoms with Gasteiger partial charge in [0, 0.05) is 18.3 Å². The molecule has 0 amide bonds. The van der Waals surface area contributed by atoms with Crippen LogP contribution in [0.1, 0.15) is 20.8 Å². The quantitative estimate of drug-likeness (QED) is 0.524. The molecule has 0 aliphatic rings. The minimum Gasteiger partial charge on any atom is -0.244 e. The van der Waals surface area contributed by atoms with Gasteiger partial charge in [0.05, 0.1) is 9.99 Å². The summed E-state index contributed by atoms with van der Waals surface area (Å²) >= 11 is 3.71. The van der Waals surface area contributed by atoms with Gasteiger partial charge in [-0.05, 0) is 45.1 Å². The van der Waals surface area contributed by atoms with Crippen molar-refractivity contribution in [1.29, 1.82) is 0 Å². The summed E-state index contributed by atoms with van der Waals surface area (Å²) < 4.78 is 4.67. The highest BCUT2D eigenvalue weighted by Crippen LogP contribution is 2.34. The Morgan fingerprint density at radius 3 is 2.75 bits per heavy atom. The van der Waals surface area contributed by atoms with Gasteiger partial charge in [0.25, 0.3) is 0 Å². The van der Waals surface area contributed by atoms with Crippen molar-refractivity contribution in [2.75, 3.05) is 0 Å². The van der Waals surface area contributed by atoms with Crippen LogP contribution < -0.4 is 0 Å². The summed E-state index contributed by atoms with van der Waals surface area (Å²) in [5, 5.41) is 12.9. The third kappa shape index (κ3) is 2.58. The molecule has 3 heterocycles. The fourth-order valence-electron chi connectivity index (χ4n) is 2.77. The third-order valence-electron chi connectivity index (χ3n) is 3.83. The fourth-order valence-corrected chi connectivity index (χ4v) is 3.41. The van der Waals surface area contributed by atoms with Crippen LogP contribution in [-0.2, 0) is 6.54 Å². The van der Waals surface area contributed by atoms with Crippen LogP contribution in [0.5, 0.6) is 0 Å². The summed E-state index contributed by atoms with van der Waals surface area (Å²) in [6.45, 7) is 7.39. The number of aromatic nitrogens is 6. The topological polar surface area (TPSA) is 60.9 Å². The highest BCUT2D eigenvalue weighted by Gasteiger charge is 2.17. The summed E-state index contributed by atoms with van der Waals surface area (Å²) in [6.07, 6.45) is 3.52. The monoisotopic (exact) mass is 384 g/mol. The van der Waals surface area contributed by atoms with E-state index in [4.69, 9.17) is 0 Å². The summed E-state index contributed by atoms with van der Waals surface area (Å²) in [4.78, 5) is 4.18. The lowest BCUT2D eigenvalue weighted by atomic mass is 9.97. The molecule has 0 bridgehead atoms. The minimum atomic E-state index is 0.143. The van der Waals surface area contributed by atoms with Gasteiger partial charge >= 0.3 is 0 Å². The van der Waals surface area contributed by atoms with Gasteiger partial charge in [-0.1, -0.05) is 32.1 Å². The number of fused-ring (bicyclic) bond motifs is 2. The molecule has 0 spiro atoms. The predicted molar refractivity (Wildman–Crippen MR) is 96.7 cm³/mol. The van der Waals surface area contributed by atoms with Gasteiger partial charge < -0.3 is 0 Å². The van der Waals surface area contributed by atoms with Crippen molar-refractivity contribution in [2.45, 2.75) is 27.3 Å². The molecule has 24 heavy (non-hydrogen) atoms. The molecular weight excluding hydrogens is 368 g/mol. The highest BCUT2D eigenvalue weighted by atomic mass is 79.9. The zero-order chi connectivity index (χ0) is 16.9. The van der Waals surface area contributed by atoms with Crippen molar-refractivity contribution in [2.24, 2.45) is 5.41 Å². The van der Waals surface area contributed by atoms with Crippen LogP contribution in [0.4, 0.5) is 0 Å². The molecule has 4 aromatic rings. The molecule has 0 aliphatic carbocycles. The van der Waals surface area contributed by atoms with E-state index in [1.807, 2.05) is 23.0 Å². The number of nitrogens with zero attached hydrogens (tertiary/aromatic N) is 6. The Hall–Kier alpha value is -2.28. The van der Waals surface area contributed by atoms with E-state index in [1.165, 1.54) is 0 Å². The van der Waals surface area contributed by atoms with E-state index in [0.717, 1.165) is 38.8 Å². The largest absolute Gasteiger partial charge is 0.244 e. The highest BCUT2D eigenvalue weighted by molar-refractivity contribution is 9.10. The molecule has 0 saturated heterocycles. The van der Waals surface area contributed by atoms with E-state index in [2.05, 4.69) is 69.2 Å². The van der Waals surface area contributed by atoms with Crippen LogP contribution in [-0.4, -0.2) is 29.6 Å². The van der Waals surface area contributed by atoms with Crippen LogP contribution in [0.25, 0.3) is 27.8 Å². The van der Waals surface area contributed by atoms with Crippen LogP contribution in [0.15, 0.2) is 41.3 Å². The van der Waals surface area contributed by atoms with Crippen LogP contribution in [0, 0.1) is 5.41 Å². The normalized spacial score (nSPS) is 12.3. The number of hydrogen-bond acceptors (Lipinski definition) is 4. The first-order valence-electron chi connectivity index (χ1n) is 7.74. The van der Waals surface area contributed by atoms with Gasteiger partial charge in [-0.3, -0.25) is 0 Å². The lowest BCUT2D eigenvalue weighted by Gasteiger charge is -2.18. The Kier molecular flexibility index (Phi) is 3.42. The number of pyridine rings is 1. The molecule has 0 atom stereocenters. The van der Waals surface area contributed by atoms with Crippen molar-refractivity contribution in [3.05, 3.63) is 41.3 Å². The molecule has 4 rings (SSSR count). The molecule has 0 fully saturated rings. The van der Waals surface area contributed by atoms with Crippen molar-refractivity contribution < 1.29 is 0 Å². The number of hydrogen-bond donors (Lipinski definition) is 0. The van der Waals surface area contributed by atoms with Crippen molar-refractivity contribution in [3.63, 3.8) is 0 Å². The van der Waals surface area contributed by atoms with E-state index < -0.39 is 0 Å². The van der Waals surface area contributed by atoms with Gasteiger partial charge in [-0.25, -0.2) is 14.2 Å². The third-order valence-corrected chi connectivity index (χ3v) is 4.64. The Bertz CT molecular complexity index is 1040. The predicted octanol–water partition coefficient (Wildman–Crippen LogP) is 3.95. The maximum Gasteiger partial charge on any atom is 0.155 e. The van der Waals surface area contributed by atoms with Gasteiger partial charge in [0.1, 0.15) is 11.8 Å². The zero-order valence-corrected chi connectivity index (χ0v) is 15.3. The first-order valence-corrected chi connectivity index (χ1v) is 8.53. The van der Waals surface area contributed by atoms with Crippen molar-refractivity contribution >= 4 is 32.6 Å². The van der Waals surface area contributed by atoms with Crippen molar-refractivity contribution in [1.82, 2.24) is 29.6 Å². The Labute approximate surface area is 147 Å². The first kappa shape index (κ1) is 15.3. The SMILES string of the molecule is CC(C)(C)Cn1nnc2c(Br)c(-c3ccc4ncnn4c3)ccc21. The molecule has 7 heteroatoms. The van der Waals surface area contributed by atoms with Crippen LogP contribution in [0.2, 0.25) is 0 Å². The van der Waals surface area contributed by atoms with E-state index in [0.29, 0.717) is 0 Å². The molecule has 6 nitrogen and oxygen atoms in total. The molecule has 0 radical (unpaired) electrons. The Morgan fingerprint density at radius 1 is 1.12 bits per heavy atom. The maximum atomic E-state index is 4.37. The zero-order valence-electron chi connectivity index (χ0n) is 13.7. The average Bonchev–Trinajstić information content (AvgIpc) is 3.13. The molecule has 0 aliphatic heterocycles. The second-order valence-corrected chi connectivity index (χ2v) is 7.88. The average molecular weight is 385 g/mol. The standard InChI is InChI=1S/C17H17BrN6/c1-17(2,3)9-24-13-6-5-12(15(18)16(13)21-22-24)11-4-7-14-19-10-20-23(14)8-11/h4-8,10H,9H2,1-3H3. The molecule has 0 N–H and O–H groups in total. The van der Waals surface area contributed by atoms with E-state index in [9.17, 15) is 0 Å². The van der Waals surface area contributed by atoms with Crippen LogP contribution in [0.3, 0.4) is 0 Å². The Morgan fingerprint density at radius 2 is 1.96 bits per heavy atom. The van der Waals surface area contributed by atoms with E-state index in [-0.39, 0.29) is 5.41 Å². The summed E-state index contributed by atoms with van der Waals surface area (Å²) in [6, 6.07) is 8.16. The summed E-state index contributed by atoms with van der Waals surface area (Å²) in [5.41, 5.74) is 4.98. The fraction of sp³-hybridized carbons (Fsp3) is 0.294.